The summed E-state index contributed by atoms with van der Waals surface area (Å²) >= 11 is 0. The molecule has 70 valence electrons. The molecule has 2 rings (SSSR count). The van der Waals surface area contributed by atoms with Gasteiger partial charge in [-0.3, -0.25) is 0 Å². The van der Waals surface area contributed by atoms with Gasteiger partial charge in [0.1, 0.15) is 0 Å². The SMILES string of the molecule is NC1(CN2CCC2)CCCOC1. The smallest absolute Gasteiger partial charge is 0.0658 e. The van der Waals surface area contributed by atoms with Gasteiger partial charge in [0.15, 0.2) is 0 Å². The van der Waals surface area contributed by atoms with Gasteiger partial charge in [0.2, 0.25) is 0 Å². The van der Waals surface area contributed by atoms with Crippen LogP contribution in [-0.2, 0) is 4.74 Å². The summed E-state index contributed by atoms with van der Waals surface area (Å²) in [6, 6.07) is 0. The van der Waals surface area contributed by atoms with Crippen LogP contribution < -0.4 is 5.73 Å². The Balaban J connectivity index is 1.81. The van der Waals surface area contributed by atoms with Crippen molar-refractivity contribution in [1.82, 2.24) is 4.90 Å². The lowest BCUT2D eigenvalue weighted by Crippen LogP contribution is -2.57. The van der Waals surface area contributed by atoms with Gasteiger partial charge in [-0.05, 0) is 32.4 Å². The molecular formula is C9H18N2O. The Morgan fingerprint density at radius 3 is 2.67 bits per heavy atom. The first kappa shape index (κ1) is 8.48. The van der Waals surface area contributed by atoms with E-state index in [9.17, 15) is 0 Å². The van der Waals surface area contributed by atoms with Gasteiger partial charge < -0.3 is 15.4 Å². The van der Waals surface area contributed by atoms with Crippen molar-refractivity contribution < 1.29 is 4.74 Å². The van der Waals surface area contributed by atoms with Crippen LogP contribution in [0.4, 0.5) is 0 Å². The van der Waals surface area contributed by atoms with E-state index in [0.29, 0.717) is 0 Å². The van der Waals surface area contributed by atoms with E-state index in [1.54, 1.807) is 0 Å². The van der Waals surface area contributed by atoms with Crippen molar-refractivity contribution in [3.8, 4) is 0 Å². The van der Waals surface area contributed by atoms with Gasteiger partial charge in [0, 0.05) is 13.2 Å². The molecule has 12 heavy (non-hydrogen) atoms. The fourth-order valence-corrected chi connectivity index (χ4v) is 1.98. The van der Waals surface area contributed by atoms with E-state index in [2.05, 4.69) is 4.90 Å². The minimum atomic E-state index is -0.0430. The lowest BCUT2D eigenvalue weighted by Gasteiger charge is -2.41. The number of likely N-dealkylation sites (tertiary alicyclic amines) is 1. The molecule has 1 unspecified atom stereocenters. The van der Waals surface area contributed by atoms with Gasteiger partial charge in [-0.2, -0.15) is 0 Å². The van der Waals surface area contributed by atoms with E-state index >= 15 is 0 Å². The Morgan fingerprint density at radius 1 is 1.33 bits per heavy atom. The second kappa shape index (κ2) is 3.32. The minimum Gasteiger partial charge on any atom is -0.379 e. The molecule has 0 aliphatic carbocycles. The van der Waals surface area contributed by atoms with E-state index in [1.807, 2.05) is 0 Å². The van der Waals surface area contributed by atoms with E-state index < -0.39 is 0 Å². The van der Waals surface area contributed by atoms with E-state index in [1.165, 1.54) is 19.5 Å². The van der Waals surface area contributed by atoms with Crippen LogP contribution in [0, 0.1) is 0 Å². The zero-order valence-electron chi connectivity index (χ0n) is 7.59. The number of rotatable bonds is 2. The highest BCUT2D eigenvalue weighted by Crippen LogP contribution is 2.19. The monoisotopic (exact) mass is 170 g/mol. The Bertz CT molecular complexity index is 151. The summed E-state index contributed by atoms with van der Waals surface area (Å²) in [6.07, 6.45) is 3.60. The fraction of sp³-hybridized carbons (Fsp3) is 1.00. The molecule has 2 saturated heterocycles. The van der Waals surface area contributed by atoms with E-state index in [-0.39, 0.29) is 5.54 Å². The molecule has 0 amide bonds. The molecule has 0 aromatic heterocycles. The standard InChI is InChI=1S/C9H18N2O/c10-9(3-1-6-12-8-9)7-11-4-2-5-11/h1-8,10H2. The molecule has 2 aliphatic heterocycles. The number of nitrogens with two attached hydrogens (primary N) is 1. The van der Waals surface area contributed by atoms with Crippen molar-refractivity contribution in [2.75, 3.05) is 32.8 Å². The predicted molar refractivity (Wildman–Crippen MR) is 48.0 cm³/mol. The maximum absolute atomic E-state index is 6.20. The van der Waals surface area contributed by atoms with Crippen LogP contribution in [0.3, 0.4) is 0 Å². The Morgan fingerprint density at radius 2 is 2.17 bits per heavy atom. The molecule has 0 saturated carbocycles. The number of ether oxygens (including phenoxy) is 1. The third-order valence-corrected chi connectivity index (χ3v) is 2.84. The van der Waals surface area contributed by atoms with Crippen molar-refractivity contribution >= 4 is 0 Å². The van der Waals surface area contributed by atoms with Crippen molar-refractivity contribution in [1.29, 1.82) is 0 Å². The molecule has 2 heterocycles. The normalized spacial score (nSPS) is 37.8. The molecule has 0 aromatic rings. The maximum atomic E-state index is 6.20. The second-order valence-corrected chi connectivity index (χ2v) is 4.15. The van der Waals surface area contributed by atoms with Gasteiger partial charge >= 0.3 is 0 Å². The van der Waals surface area contributed by atoms with Gasteiger partial charge in [-0.25, -0.2) is 0 Å². The van der Waals surface area contributed by atoms with Crippen LogP contribution in [0.5, 0.6) is 0 Å². The van der Waals surface area contributed by atoms with Gasteiger partial charge in [-0.15, -0.1) is 0 Å². The summed E-state index contributed by atoms with van der Waals surface area (Å²) in [5.74, 6) is 0. The highest BCUT2D eigenvalue weighted by atomic mass is 16.5. The average molecular weight is 170 g/mol. The highest BCUT2D eigenvalue weighted by Gasteiger charge is 2.31. The van der Waals surface area contributed by atoms with Crippen LogP contribution in [-0.4, -0.2) is 43.3 Å². The molecule has 2 fully saturated rings. The van der Waals surface area contributed by atoms with Gasteiger partial charge in [-0.1, -0.05) is 0 Å². The Labute approximate surface area is 73.9 Å². The molecule has 0 aromatic carbocycles. The molecular weight excluding hydrogens is 152 g/mol. The summed E-state index contributed by atoms with van der Waals surface area (Å²) in [4.78, 5) is 2.43. The lowest BCUT2D eigenvalue weighted by molar-refractivity contribution is 0.0106. The van der Waals surface area contributed by atoms with Crippen molar-refractivity contribution in [2.45, 2.75) is 24.8 Å². The van der Waals surface area contributed by atoms with Gasteiger partial charge in [0.05, 0.1) is 12.1 Å². The summed E-state index contributed by atoms with van der Waals surface area (Å²) < 4.78 is 5.40. The molecule has 2 aliphatic rings. The van der Waals surface area contributed by atoms with Gasteiger partial charge in [0.25, 0.3) is 0 Å². The fourth-order valence-electron chi connectivity index (χ4n) is 1.98. The second-order valence-electron chi connectivity index (χ2n) is 4.15. The third kappa shape index (κ3) is 1.79. The van der Waals surface area contributed by atoms with Crippen molar-refractivity contribution in [3.05, 3.63) is 0 Å². The zero-order chi connectivity index (χ0) is 8.44. The molecule has 2 N–H and O–H groups in total. The molecule has 1 atom stereocenters. The summed E-state index contributed by atoms with van der Waals surface area (Å²) in [5.41, 5.74) is 6.16. The topological polar surface area (TPSA) is 38.5 Å². The quantitative estimate of drug-likeness (QED) is 0.643. The maximum Gasteiger partial charge on any atom is 0.0658 e. The summed E-state index contributed by atoms with van der Waals surface area (Å²) in [7, 11) is 0. The predicted octanol–water partition coefficient (Wildman–Crippen LogP) is 0.200. The van der Waals surface area contributed by atoms with Crippen LogP contribution in [0.25, 0.3) is 0 Å². The first-order chi connectivity index (χ1) is 5.79. The molecule has 0 bridgehead atoms. The molecule has 0 radical (unpaired) electrons. The molecule has 0 spiro atoms. The number of nitrogens with zero attached hydrogens (tertiary/aromatic N) is 1. The molecule has 3 heteroatoms. The average Bonchev–Trinajstić information content (AvgIpc) is 1.99. The van der Waals surface area contributed by atoms with Crippen molar-refractivity contribution in [3.63, 3.8) is 0 Å². The number of hydrogen-bond donors (Lipinski definition) is 1. The third-order valence-electron chi connectivity index (χ3n) is 2.84. The number of hydrogen-bond acceptors (Lipinski definition) is 3. The summed E-state index contributed by atoms with van der Waals surface area (Å²) in [6.45, 7) is 5.16. The van der Waals surface area contributed by atoms with Crippen LogP contribution in [0.15, 0.2) is 0 Å². The van der Waals surface area contributed by atoms with Crippen LogP contribution >= 0.6 is 0 Å². The molecule has 3 nitrogen and oxygen atoms in total. The van der Waals surface area contributed by atoms with E-state index in [0.717, 1.165) is 32.6 Å². The highest BCUT2D eigenvalue weighted by molar-refractivity contribution is 4.91. The zero-order valence-corrected chi connectivity index (χ0v) is 7.59. The minimum absolute atomic E-state index is 0.0430. The first-order valence-corrected chi connectivity index (χ1v) is 4.88. The van der Waals surface area contributed by atoms with Crippen LogP contribution in [0.1, 0.15) is 19.3 Å². The van der Waals surface area contributed by atoms with E-state index in [4.69, 9.17) is 10.5 Å². The Kier molecular flexibility index (Phi) is 2.35. The first-order valence-electron chi connectivity index (χ1n) is 4.88. The van der Waals surface area contributed by atoms with Crippen molar-refractivity contribution in [2.24, 2.45) is 5.73 Å². The lowest BCUT2D eigenvalue weighted by atomic mass is 9.92. The largest absolute Gasteiger partial charge is 0.379 e. The summed E-state index contributed by atoms with van der Waals surface area (Å²) in [5, 5.41) is 0. The van der Waals surface area contributed by atoms with Crippen LogP contribution in [0.2, 0.25) is 0 Å². The Hall–Kier alpha value is -0.120.